The van der Waals surface area contributed by atoms with E-state index >= 15 is 0 Å². The Kier molecular flexibility index (Phi) is 5.16. The Morgan fingerprint density at radius 2 is 1.81 bits per heavy atom. The average Bonchev–Trinajstić information content (AvgIpc) is 3.28. The van der Waals surface area contributed by atoms with Crippen LogP contribution in [0.25, 0.3) is 0 Å². The highest BCUT2D eigenvalue weighted by Crippen LogP contribution is 2.35. The smallest absolute Gasteiger partial charge is 0.232 e. The Hall–Kier alpha value is -1.64. The predicted molar refractivity (Wildman–Crippen MR) is 83.5 cm³/mol. The first kappa shape index (κ1) is 15.7. The molecular formula is C18H25NO2. The van der Waals surface area contributed by atoms with Gasteiger partial charge in [-0.2, -0.15) is 0 Å². The zero-order chi connectivity index (χ0) is 15.4. The van der Waals surface area contributed by atoms with Crippen molar-refractivity contribution < 1.29 is 9.59 Å². The molecule has 0 saturated heterocycles. The van der Waals surface area contributed by atoms with Gasteiger partial charge in [0.2, 0.25) is 11.8 Å². The van der Waals surface area contributed by atoms with E-state index < -0.39 is 0 Å². The number of hydrogen-bond acceptors (Lipinski definition) is 2. The fourth-order valence-corrected chi connectivity index (χ4v) is 2.67. The van der Waals surface area contributed by atoms with Gasteiger partial charge in [-0.1, -0.05) is 51.1 Å². The van der Waals surface area contributed by atoms with Gasteiger partial charge in [0.05, 0.1) is 6.04 Å². The predicted octanol–water partition coefficient (Wildman–Crippen LogP) is 3.95. The maximum Gasteiger partial charge on any atom is 0.232 e. The van der Waals surface area contributed by atoms with E-state index in [1.165, 1.54) is 0 Å². The second-order valence-corrected chi connectivity index (χ2v) is 6.31. The molecule has 1 saturated carbocycles. The number of amides is 2. The molecule has 0 N–H and O–H groups in total. The van der Waals surface area contributed by atoms with Crippen LogP contribution in [0.3, 0.4) is 0 Å². The van der Waals surface area contributed by atoms with Crippen molar-refractivity contribution in [2.45, 2.75) is 52.5 Å². The summed E-state index contributed by atoms with van der Waals surface area (Å²) in [5.74, 6) is 0.327. The lowest BCUT2D eigenvalue weighted by atomic mass is 10.00. The van der Waals surface area contributed by atoms with Crippen LogP contribution in [0.1, 0.15) is 58.1 Å². The SMILES string of the molecule is CC[C@@H](c1ccccc1)N(C(=O)CC(C)C)C(=O)C1CC1. The molecule has 2 rings (SSSR count). The molecule has 1 aliphatic carbocycles. The number of imide groups is 1. The first-order valence-electron chi connectivity index (χ1n) is 7.95. The van der Waals surface area contributed by atoms with Crippen LogP contribution in [0.4, 0.5) is 0 Å². The van der Waals surface area contributed by atoms with E-state index in [9.17, 15) is 9.59 Å². The van der Waals surface area contributed by atoms with E-state index in [-0.39, 0.29) is 29.7 Å². The number of carbonyl (C=O) groups excluding carboxylic acids is 2. The molecule has 1 aromatic rings. The molecule has 0 aromatic heterocycles. The molecular weight excluding hydrogens is 262 g/mol. The summed E-state index contributed by atoms with van der Waals surface area (Å²) in [5, 5.41) is 0. The average molecular weight is 287 g/mol. The van der Waals surface area contributed by atoms with E-state index in [0.717, 1.165) is 24.8 Å². The molecule has 1 aliphatic rings. The van der Waals surface area contributed by atoms with Gasteiger partial charge in [0, 0.05) is 12.3 Å². The quantitative estimate of drug-likeness (QED) is 0.794. The fraction of sp³-hybridized carbons (Fsp3) is 0.556. The minimum absolute atomic E-state index is 0.0244. The van der Waals surface area contributed by atoms with E-state index in [0.29, 0.717) is 6.42 Å². The van der Waals surface area contributed by atoms with Crippen LogP contribution in [0.5, 0.6) is 0 Å². The minimum Gasteiger partial charge on any atom is -0.275 e. The lowest BCUT2D eigenvalue weighted by Gasteiger charge is -2.30. The molecule has 3 heteroatoms. The van der Waals surface area contributed by atoms with Gasteiger partial charge in [0.25, 0.3) is 0 Å². The summed E-state index contributed by atoms with van der Waals surface area (Å²) in [4.78, 5) is 26.8. The highest BCUT2D eigenvalue weighted by molar-refractivity contribution is 5.97. The molecule has 3 nitrogen and oxygen atoms in total. The number of rotatable bonds is 6. The Morgan fingerprint density at radius 1 is 1.19 bits per heavy atom. The van der Waals surface area contributed by atoms with Crippen molar-refractivity contribution in [2.75, 3.05) is 0 Å². The standard InChI is InChI=1S/C18H25NO2/c1-4-16(14-8-6-5-7-9-14)19(17(20)12-13(2)3)18(21)15-10-11-15/h5-9,13,15-16H,4,10-12H2,1-3H3/t16-/m0/s1. The topological polar surface area (TPSA) is 37.4 Å². The molecule has 21 heavy (non-hydrogen) atoms. The minimum atomic E-state index is -0.134. The van der Waals surface area contributed by atoms with Gasteiger partial charge < -0.3 is 0 Å². The van der Waals surface area contributed by atoms with Crippen LogP contribution >= 0.6 is 0 Å². The summed E-state index contributed by atoms with van der Waals surface area (Å²) in [5.41, 5.74) is 1.05. The van der Waals surface area contributed by atoms with Crippen LogP contribution in [-0.2, 0) is 9.59 Å². The third-order valence-electron chi connectivity index (χ3n) is 3.90. The van der Waals surface area contributed by atoms with Gasteiger partial charge in [0.15, 0.2) is 0 Å². The number of carbonyl (C=O) groups is 2. The second-order valence-electron chi connectivity index (χ2n) is 6.31. The summed E-state index contributed by atoms with van der Waals surface area (Å²) in [6, 6.07) is 9.76. The Labute approximate surface area is 127 Å². The van der Waals surface area contributed by atoms with Gasteiger partial charge in [-0.25, -0.2) is 0 Å². The highest BCUT2D eigenvalue weighted by Gasteiger charge is 2.39. The van der Waals surface area contributed by atoms with Crippen molar-refractivity contribution in [1.29, 1.82) is 0 Å². The summed E-state index contributed by atoms with van der Waals surface area (Å²) in [6.07, 6.45) is 3.04. The van der Waals surface area contributed by atoms with Crippen LogP contribution in [-0.4, -0.2) is 16.7 Å². The van der Waals surface area contributed by atoms with Crippen LogP contribution in [0.2, 0.25) is 0 Å². The normalized spacial score (nSPS) is 15.8. The van der Waals surface area contributed by atoms with Crippen molar-refractivity contribution >= 4 is 11.8 Å². The monoisotopic (exact) mass is 287 g/mol. The molecule has 114 valence electrons. The van der Waals surface area contributed by atoms with Gasteiger partial charge >= 0.3 is 0 Å². The van der Waals surface area contributed by atoms with E-state index in [4.69, 9.17) is 0 Å². The molecule has 0 spiro atoms. The van der Waals surface area contributed by atoms with Crippen LogP contribution < -0.4 is 0 Å². The summed E-state index contributed by atoms with van der Waals surface area (Å²) >= 11 is 0. The zero-order valence-electron chi connectivity index (χ0n) is 13.2. The zero-order valence-corrected chi connectivity index (χ0v) is 13.2. The molecule has 0 aliphatic heterocycles. The fourth-order valence-electron chi connectivity index (χ4n) is 2.67. The van der Waals surface area contributed by atoms with Crippen molar-refractivity contribution in [3.05, 3.63) is 35.9 Å². The van der Waals surface area contributed by atoms with E-state index in [1.54, 1.807) is 4.90 Å². The summed E-state index contributed by atoms with van der Waals surface area (Å²) < 4.78 is 0. The molecule has 1 fully saturated rings. The molecule has 0 bridgehead atoms. The first-order valence-corrected chi connectivity index (χ1v) is 7.95. The van der Waals surface area contributed by atoms with Gasteiger partial charge in [0.1, 0.15) is 0 Å². The molecule has 0 heterocycles. The maximum absolute atomic E-state index is 12.6. The third-order valence-corrected chi connectivity index (χ3v) is 3.90. The van der Waals surface area contributed by atoms with Crippen molar-refractivity contribution in [1.82, 2.24) is 4.90 Å². The molecule has 1 aromatic carbocycles. The third kappa shape index (κ3) is 3.93. The van der Waals surface area contributed by atoms with E-state index in [1.807, 2.05) is 51.1 Å². The molecule has 0 unspecified atom stereocenters. The summed E-state index contributed by atoms with van der Waals surface area (Å²) in [7, 11) is 0. The second kappa shape index (κ2) is 6.88. The lowest BCUT2D eigenvalue weighted by molar-refractivity contribution is -0.149. The highest BCUT2D eigenvalue weighted by atomic mass is 16.2. The van der Waals surface area contributed by atoms with Crippen LogP contribution in [0.15, 0.2) is 30.3 Å². The maximum atomic E-state index is 12.6. The van der Waals surface area contributed by atoms with Gasteiger partial charge in [-0.15, -0.1) is 0 Å². The summed E-state index contributed by atoms with van der Waals surface area (Å²) in [6.45, 7) is 6.07. The molecule has 0 radical (unpaired) electrons. The van der Waals surface area contributed by atoms with Crippen molar-refractivity contribution in [3.8, 4) is 0 Å². The number of benzene rings is 1. The molecule has 1 atom stereocenters. The number of nitrogens with zero attached hydrogens (tertiary/aromatic N) is 1. The Balaban J connectivity index is 2.28. The lowest BCUT2D eigenvalue weighted by Crippen LogP contribution is -2.41. The van der Waals surface area contributed by atoms with Crippen molar-refractivity contribution in [2.24, 2.45) is 11.8 Å². The largest absolute Gasteiger partial charge is 0.275 e. The van der Waals surface area contributed by atoms with E-state index in [2.05, 4.69) is 0 Å². The Morgan fingerprint density at radius 3 is 2.29 bits per heavy atom. The first-order chi connectivity index (χ1) is 10.0. The number of hydrogen-bond donors (Lipinski definition) is 0. The Bertz CT molecular complexity index is 491. The van der Waals surface area contributed by atoms with Crippen molar-refractivity contribution in [3.63, 3.8) is 0 Å². The van der Waals surface area contributed by atoms with Crippen LogP contribution in [0, 0.1) is 11.8 Å². The van der Waals surface area contributed by atoms with Gasteiger partial charge in [-0.3, -0.25) is 14.5 Å². The van der Waals surface area contributed by atoms with Gasteiger partial charge in [-0.05, 0) is 30.7 Å². The molecule has 2 amide bonds.